The number of carbonyl (C=O) groups excluding carboxylic acids is 1. The molecular formula is C14H23N3O3S. The lowest BCUT2D eigenvalue weighted by Crippen LogP contribution is -2.50. The molecule has 1 rings (SSSR count). The maximum Gasteiger partial charge on any atom is 0.244 e. The number of rotatable bonds is 7. The minimum absolute atomic E-state index is 0.0368. The second-order valence-electron chi connectivity index (χ2n) is 4.81. The number of amides is 1. The topological polar surface area (TPSA) is 101 Å². The molecular weight excluding hydrogens is 290 g/mol. The Bertz CT molecular complexity index is 595. The molecule has 0 aliphatic heterocycles. The highest BCUT2D eigenvalue weighted by molar-refractivity contribution is 7.89. The van der Waals surface area contributed by atoms with Crippen molar-refractivity contribution in [3.05, 3.63) is 24.3 Å². The van der Waals surface area contributed by atoms with Crippen molar-refractivity contribution in [3.63, 3.8) is 0 Å². The standard InChI is InChI=1S/C14H23N3O3S/c1-4-14(15,5-2)13(18)17-11-9-7-8-10-12(11)21(19,20)16-6-3/h7-10,16H,4-6,15H2,1-3H3,(H,17,18). The summed E-state index contributed by atoms with van der Waals surface area (Å²) in [6, 6.07) is 6.27. The molecule has 1 amide bonds. The number of nitrogens with one attached hydrogen (secondary N) is 2. The van der Waals surface area contributed by atoms with E-state index in [1.165, 1.54) is 6.07 Å². The summed E-state index contributed by atoms with van der Waals surface area (Å²) in [6.07, 6.45) is 0.939. The lowest BCUT2D eigenvalue weighted by Gasteiger charge is -2.25. The zero-order chi connectivity index (χ0) is 16.1. The van der Waals surface area contributed by atoms with Crippen LogP contribution in [-0.4, -0.2) is 26.4 Å². The van der Waals surface area contributed by atoms with Gasteiger partial charge in [-0.25, -0.2) is 13.1 Å². The first-order valence-corrected chi connectivity index (χ1v) is 8.48. The second kappa shape index (κ2) is 7.02. The average molecular weight is 313 g/mol. The molecule has 0 aliphatic carbocycles. The summed E-state index contributed by atoms with van der Waals surface area (Å²) < 4.78 is 26.7. The molecule has 6 nitrogen and oxygen atoms in total. The van der Waals surface area contributed by atoms with Crippen molar-refractivity contribution in [1.82, 2.24) is 4.72 Å². The first-order valence-electron chi connectivity index (χ1n) is 6.99. The van der Waals surface area contributed by atoms with Gasteiger partial charge in [0.1, 0.15) is 4.90 Å². The summed E-state index contributed by atoms with van der Waals surface area (Å²) in [6.45, 7) is 5.61. The van der Waals surface area contributed by atoms with Crippen molar-refractivity contribution >= 4 is 21.6 Å². The molecule has 0 unspecified atom stereocenters. The van der Waals surface area contributed by atoms with Crippen LogP contribution in [0.5, 0.6) is 0 Å². The molecule has 0 spiro atoms. The van der Waals surface area contributed by atoms with Crippen LogP contribution in [0.25, 0.3) is 0 Å². The number of carbonyl (C=O) groups is 1. The normalized spacial score (nSPS) is 12.2. The van der Waals surface area contributed by atoms with E-state index < -0.39 is 15.6 Å². The Hall–Kier alpha value is -1.44. The van der Waals surface area contributed by atoms with Gasteiger partial charge in [-0.15, -0.1) is 0 Å². The van der Waals surface area contributed by atoms with Crippen LogP contribution in [0.4, 0.5) is 5.69 Å². The van der Waals surface area contributed by atoms with E-state index in [-0.39, 0.29) is 23.0 Å². The molecule has 0 aromatic heterocycles. The van der Waals surface area contributed by atoms with Gasteiger partial charge in [0.2, 0.25) is 15.9 Å². The molecule has 118 valence electrons. The molecule has 0 aliphatic rings. The van der Waals surface area contributed by atoms with Gasteiger partial charge in [0.15, 0.2) is 0 Å². The van der Waals surface area contributed by atoms with Gasteiger partial charge in [-0.05, 0) is 25.0 Å². The maximum atomic E-state index is 12.3. The van der Waals surface area contributed by atoms with Gasteiger partial charge in [-0.1, -0.05) is 32.9 Å². The minimum atomic E-state index is -3.65. The van der Waals surface area contributed by atoms with Crippen LogP contribution in [0.15, 0.2) is 29.2 Å². The molecule has 0 radical (unpaired) electrons. The van der Waals surface area contributed by atoms with Gasteiger partial charge in [0.05, 0.1) is 11.2 Å². The molecule has 0 saturated heterocycles. The fraction of sp³-hybridized carbons (Fsp3) is 0.500. The smallest absolute Gasteiger partial charge is 0.244 e. The summed E-state index contributed by atoms with van der Waals surface area (Å²) in [5, 5.41) is 2.63. The van der Waals surface area contributed by atoms with Crippen molar-refractivity contribution in [2.45, 2.75) is 44.0 Å². The predicted molar refractivity (Wildman–Crippen MR) is 83.4 cm³/mol. The summed E-state index contributed by atoms with van der Waals surface area (Å²) in [4.78, 5) is 12.3. The van der Waals surface area contributed by atoms with Crippen LogP contribution >= 0.6 is 0 Å². The van der Waals surface area contributed by atoms with Gasteiger partial charge in [0.25, 0.3) is 0 Å². The van der Waals surface area contributed by atoms with E-state index in [1.807, 2.05) is 13.8 Å². The Labute approximate surface area is 126 Å². The van der Waals surface area contributed by atoms with Crippen LogP contribution in [0.2, 0.25) is 0 Å². The highest BCUT2D eigenvalue weighted by Crippen LogP contribution is 2.22. The maximum absolute atomic E-state index is 12.3. The van der Waals surface area contributed by atoms with Crippen LogP contribution in [0.1, 0.15) is 33.6 Å². The predicted octanol–water partition coefficient (Wildman–Crippen LogP) is 1.44. The first-order chi connectivity index (χ1) is 9.80. The van der Waals surface area contributed by atoms with Gasteiger partial charge >= 0.3 is 0 Å². The number of para-hydroxylation sites is 1. The Morgan fingerprint density at radius 2 is 1.76 bits per heavy atom. The third-order valence-corrected chi connectivity index (χ3v) is 5.08. The molecule has 0 atom stereocenters. The van der Waals surface area contributed by atoms with E-state index in [2.05, 4.69) is 10.0 Å². The van der Waals surface area contributed by atoms with E-state index in [0.717, 1.165) is 0 Å². The second-order valence-corrected chi connectivity index (χ2v) is 6.55. The van der Waals surface area contributed by atoms with Gasteiger partial charge in [-0.3, -0.25) is 4.79 Å². The quantitative estimate of drug-likeness (QED) is 0.709. The van der Waals surface area contributed by atoms with Crippen LogP contribution in [-0.2, 0) is 14.8 Å². The molecule has 21 heavy (non-hydrogen) atoms. The SMILES string of the molecule is CCNS(=O)(=O)c1ccccc1NC(=O)C(N)(CC)CC. The van der Waals surface area contributed by atoms with Crippen molar-refractivity contribution in [1.29, 1.82) is 0 Å². The van der Waals surface area contributed by atoms with Crippen LogP contribution in [0, 0.1) is 0 Å². The number of anilines is 1. The molecule has 4 N–H and O–H groups in total. The zero-order valence-corrected chi connectivity index (χ0v) is 13.5. The molecule has 1 aromatic rings. The summed E-state index contributed by atoms with van der Waals surface area (Å²) >= 11 is 0. The number of nitrogens with two attached hydrogens (primary N) is 1. The third-order valence-electron chi connectivity index (χ3n) is 3.47. The number of hydrogen-bond acceptors (Lipinski definition) is 4. The Morgan fingerprint density at radius 3 is 2.29 bits per heavy atom. The Kier molecular flexibility index (Phi) is 5.88. The molecule has 7 heteroatoms. The van der Waals surface area contributed by atoms with Gasteiger partial charge < -0.3 is 11.1 Å². The van der Waals surface area contributed by atoms with E-state index >= 15 is 0 Å². The summed E-state index contributed by atoms with van der Waals surface area (Å²) in [7, 11) is -3.65. The van der Waals surface area contributed by atoms with E-state index in [0.29, 0.717) is 12.8 Å². The molecule has 0 heterocycles. The van der Waals surface area contributed by atoms with Gasteiger partial charge in [0, 0.05) is 6.54 Å². The van der Waals surface area contributed by atoms with E-state index in [4.69, 9.17) is 5.73 Å². The van der Waals surface area contributed by atoms with Gasteiger partial charge in [-0.2, -0.15) is 0 Å². The largest absolute Gasteiger partial charge is 0.323 e. The Balaban J connectivity index is 3.14. The monoisotopic (exact) mass is 313 g/mol. The van der Waals surface area contributed by atoms with Crippen molar-refractivity contribution in [2.24, 2.45) is 5.73 Å². The highest BCUT2D eigenvalue weighted by Gasteiger charge is 2.31. The third kappa shape index (κ3) is 4.03. The number of benzene rings is 1. The summed E-state index contributed by atoms with van der Waals surface area (Å²) in [5.41, 5.74) is 5.26. The van der Waals surface area contributed by atoms with Crippen LogP contribution < -0.4 is 15.8 Å². The zero-order valence-electron chi connectivity index (χ0n) is 12.6. The lowest BCUT2D eigenvalue weighted by molar-refractivity contribution is -0.121. The van der Waals surface area contributed by atoms with Crippen molar-refractivity contribution in [2.75, 3.05) is 11.9 Å². The molecule has 0 fully saturated rings. The molecule has 0 saturated carbocycles. The van der Waals surface area contributed by atoms with Crippen molar-refractivity contribution < 1.29 is 13.2 Å². The average Bonchev–Trinajstić information content (AvgIpc) is 2.46. The number of hydrogen-bond donors (Lipinski definition) is 3. The minimum Gasteiger partial charge on any atom is -0.323 e. The fourth-order valence-electron chi connectivity index (χ4n) is 1.89. The molecule has 1 aromatic carbocycles. The molecule has 0 bridgehead atoms. The highest BCUT2D eigenvalue weighted by atomic mass is 32.2. The van der Waals surface area contributed by atoms with E-state index in [9.17, 15) is 13.2 Å². The van der Waals surface area contributed by atoms with Crippen molar-refractivity contribution in [3.8, 4) is 0 Å². The van der Waals surface area contributed by atoms with Crippen LogP contribution in [0.3, 0.4) is 0 Å². The number of sulfonamides is 1. The summed E-state index contributed by atoms with van der Waals surface area (Å²) in [5.74, 6) is -0.383. The lowest BCUT2D eigenvalue weighted by atomic mass is 9.93. The first kappa shape index (κ1) is 17.6. The fourth-order valence-corrected chi connectivity index (χ4v) is 3.09. The van der Waals surface area contributed by atoms with E-state index in [1.54, 1.807) is 25.1 Å². The Morgan fingerprint density at radius 1 is 1.19 bits per heavy atom.